The zero-order valence-electron chi connectivity index (χ0n) is 31.9. The van der Waals surface area contributed by atoms with Crippen molar-refractivity contribution in [3.8, 4) is 0 Å². The molecule has 2 atom stereocenters. The summed E-state index contributed by atoms with van der Waals surface area (Å²) in [7, 11) is 5.69. The van der Waals surface area contributed by atoms with Crippen molar-refractivity contribution in [1.82, 2.24) is 15.1 Å². The average Bonchev–Trinajstić information content (AvgIpc) is 3.16. The SMILES string of the molecule is CC(O)(c1ccc(C(=O)O)cc1)C(F)(F)F.CN(Cc1ccccc1)C(=O)c1ccc(C(C)(O)C(F)(F)F)cc1.CN1CCOCC1.CNCc1ccccc1. The van der Waals surface area contributed by atoms with Gasteiger partial charge in [0.15, 0.2) is 11.2 Å². The summed E-state index contributed by atoms with van der Waals surface area (Å²) in [5.74, 6) is -1.55. The highest BCUT2D eigenvalue weighted by molar-refractivity contribution is 5.94. The maximum absolute atomic E-state index is 12.8. The van der Waals surface area contributed by atoms with Crippen molar-refractivity contribution >= 4 is 11.9 Å². The van der Waals surface area contributed by atoms with Gasteiger partial charge in [-0.15, -0.1) is 0 Å². The highest BCUT2D eigenvalue weighted by Gasteiger charge is 2.52. The molecule has 4 aromatic carbocycles. The summed E-state index contributed by atoms with van der Waals surface area (Å²) in [5.41, 5.74) is -4.24. The largest absolute Gasteiger partial charge is 0.478 e. The second-order valence-corrected chi connectivity index (χ2v) is 13.2. The summed E-state index contributed by atoms with van der Waals surface area (Å²) >= 11 is 0. The number of likely N-dealkylation sites (N-methyl/N-ethyl adjacent to an activating group) is 1. The minimum Gasteiger partial charge on any atom is -0.478 e. The Bertz CT molecular complexity index is 1750. The smallest absolute Gasteiger partial charge is 0.421 e. The number of benzene rings is 4. The van der Waals surface area contributed by atoms with Gasteiger partial charge in [-0.25, -0.2) is 4.79 Å². The average molecular weight is 794 g/mol. The molecular formula is C41H49F6N3O6. The van der Waals surface area contributed by atoms with Gasteiger partial charge in [-0.3, -0.25) is 4.79 Å². The Morgan fingerprint density at radius 2 is 1.09 bits per heavy atom. The fraction of sp³-hybridized carbons (Fsp3) is 0.366. The number of alkyl halides is 6. The van der Waals surface area contributed by atoms with Gasteiger partial charge < -0.3 is 35.2 Å². The third kappa shape index (κ3) is 14.7. The molecule has 1 aliphatic rings. The maximum atomic E-state index is 12.8. The van der Waals surface area contributed by atoms with Crippen molar-refractivity contribution < 1.29 is 56.0 Å². The number of aromatic carboxylic acids is 1. The minimum absolute atomic E-state index is 0.137. The van der Waals surface area contributed by atoms with Crippen LogP contribution in [0.25, 0.3) is 0 Å². The molecule has 5 rings (SSSR count). The lowest BCUT2D eigenvalue weighted by atomic mass is 9.94. The Balaban J connectivity index is 0.000000288. The third-order valence-electron chi connectivity index (χ3n) is 8.56. The number of halogens is 6. The van der Waals surface area contributed by atoms with E-state index in [0.29, 0.717) is 20.4 Å². The number of nitrogens with one attached hydrogen (secondary N) is 1. The van der Waals surface area contributed by atoms with Gasteiger partial charge in [0.1, 0.15) is 0 Å². The number of nitrogens with zero attached hydrogens (tertiary/aromatic N) is 2. The number of hydrogen-bond acceptors (Lipinski definition) is 7. The summed E-state index contributed by atoms with van der Waals surface area (Å²) in [6.45, 7) is 6.67. The molecular weight excluding hydrogens is 744 g/mol. The fourth-order valence-electron chi connectivity index (χ4n) is 4.81. The van der Waals surface area contributed by atoms with Crippen LogP contribution in [0.5, 0.6) is 0 Å². The van der Waals surface area contributed by atoms with Crippen LogP contribution >= 0.6 is 0 Å². The molecule has 2 unspecified atom stereocenters. The Kier molecular flexibility index (Phi) is 18.2. The van der Waals surface area contributed by atoms with Crippen molar-refractivity contribution in [1.29, 1.82) is 0 Å². The van der Waals surface area contributed by atoms with E-state index in [1.165, 1.54) is 22.6 Å². The van der Waals surface area contributed by atoms with Crippen LogP contribution in [0.2, 0.25) is 0 Å². The summed E-state index contributed by atoms with van der Waals surface area (Å²) in [4.78, 5) is 26.6. The molecule has 1 saturated heterocycles. The second kappa shape index (κ2) is 21.5. The Morgan fingerprint density at radius 1 is 0.696 bits per heavy atom. The molecule has 1 fully saturated rings. The van der Waals surface area contributed by atoms with Gasteiger partial charge in [-0.05, 0) is 74.5 Å². The van der Waals surface area contributed by atoms with Gasteiger partial charge in [0.25, 0.3) is 5.91 Å². The Labute approximate surface area is 323 Å². The van der Waals surface area contributed by atoms with E-state index in [9.17, 15) is 46.1 Å². The Morgan fingerprint density at radius 3 is 1.43 bits per heavy atom. The second-order valence-electron chi connectivity index (χ2n) is 13.2. The topological polar surface area (TPSA) is 123 Å². The summed E-state index contributed by atoms with van der Waals surface area (Å²) < 4.78 is 80.8. The molecule has 0 bridgehead atoms. The quantitative estimate of drug-likeness (QED) is 0.138. The molecule has 56 heavy (non-hydrogen) atoms. The van der Waals surface area contributed by atoms with Crippen molar-refractivity contribution in [3.05, 3.63) is 143 Å². The Hall–Kier alpha value is -4.80. The highest BCUT2D eigenvalue weighted by Crippen LogP contribution is 2.39. The molecule has 15 heteroatoms. The van der Waals surface area contributed by atoms with Gasteiger partial charge in [0, 0.05) is 38.8 Å². The molecule has 9 nitrogen and oxygen atoms in total. The van der Waals surface area contributed by atoms with E-state index >= 15 is 0 Å². The van der Waals surface area contributed by atoms with Gasteiger partial charge >= 0.3 is 18.3 Å². The number of morpholine rings is 1. The molecule has 4 N–H and O–H groups in total. The first-order valence-corrected chi connectivity index (χ1v) is 17.4. The first-order chi connectivity index (χ1) is 26.1. The molecule has 1 heterocycles. The number of carbonyl (C=O) groups is 2. The van der Waals surface area contributed by atoms with Crippen LogP contribution < -0.4 is 5.32 Å². The highest BCUT2D eigenvalue weighted by atomic mass is 19.4. The van der Waals surface area contributed by atoms with Crippen molar-refractivity contribution in [2.45, 2.75) is 50.5 Å². The molecule has 0 radical (unpaired) electrons. The van der Waals surface area contributed by atoms with Gasteiger partial charge in [-0.1, -0.05) is 84.9 Å². The van der Waals surface area contributed by atoms with E-state index in [-0.39, 0.29) is 22.6 Å². The number of rotatable bonds is 8. The third-order valence-corrected chi connectivity index (χ3v) is 8.56. The predicted octanol–water partition coefficient (Wildman–Crippen LogP) is 7.24. The van der Waals surface area contributed by atoms with Crippen LogP contribution in [0.4, 0.5) is 26.3 Å². The lowest BCUT2D eigenvalue weighted by Gasteiger charge is -2.27. The zero-order chi connectivity index (χ0) is 42.2. The van der Waals surface area contributed by atoms with E-state index in [1.54, 1.807) is 7.05 Å². The number of carboxylic acids is 1. The fourth-order valence-corrected chi connectivity index (χ4v) is 4.81. The first kappa shape index (κ1) is 47.4. The number of carbonyl (C=O) groups excluding carboxylic acids is 1. The zero-order valence-corrected chi connectivity index (χ0v) is 31.9. The van der Waals surface area contributed by atoms with E-state index in [1.807, 2.05) is 55.6 Å². The molecule has 1 aliphatic heterocycles. The molecule has 0 saturated carbocycles. The molecule has 0 aliphatic carbocycles. The van der Waals surface area contributed by atoms with Crippen LogP contribution in [-0.2, 0) is 29.0 Å². The normalized spacial score (nSPS) is 15.2. The minimum atomic E-state index is -4.81. The van der Waals surface area contributed by atoms with Crippen molar-refractivity contribution in [2.24, 2.45) is 0 Å². The van der Waals surface area contributed by atoms with Crippen LogP contribution in [0.1, 0.15) is 56.8 Å². The predicted molar refractivity (Wildman–Crippen MR) is 201 cm³/mol. The molecule has 4 aromatic rings. The van der Waals surface area contributed by atoms with Crippen molar-refractivity contribution in [3.63, 3.8) is 0 Å². The number of aliphatic hydroxyl groups is 2. The van der Waals surface area contributed by atoms with E-state index in [2.05, 4.69) is 29.4 Å². The molecule has 0 spiro atoms. The standard InChI is InChI=1S/C18H18F3NO2.C10H9F3O3.C8H11N.C5H11NO/c1-17(24,18(19,20)21)15-10-8-14(9-11-15)16(23)22(2)12-13-6-4-3-5-7-13;1-9(16,10(11,12)13)7-4-2-6(3-5-7)8(14)15;1-9-7-8-5-3-2-4-6-8;1-6-2-4-7-5-3-6/h3-11,24H,12H2,1-2H3;2-5,16H,1H3,(H,14,15);2-6,9H,7H2,1H3;2-5H2,1H3. The lowest BCUT2D eigenvalue weighted by Crippen LogP contribution is -2.39. The number of amides is 1. The van der Waals surface area contributed by atoms with E-state index < -0.39 is 35.1 Å². The van der Waals surface area contributed by atoms with Crippen LogP contribution in [0.3, 0.4) is 0 Å². The van der Waals surface area contributed by atoms with E-state index in [4.69, 9.17) is 9.84 Å². The molecule has 306 valence electrons. The van der Waals surface area contributed by atoms with Crippen LogP contribution in [0.15, 0.2) is 109 Å². The van der Waals surface area contributed by atoms with Gasteiger partial charge in [-0.2, -0.15) is 26.3 Å². The maximum Gasteiger partial charge on any atom is 0.421 e. The van der Waals surface area contributed by atoms with E-state index in [0.717, 1.165) is 74.8 Å². The van der Waals surface area contributed by atoms with Crippen LogP contribution in [0, 0.1) is 0 Å². The number of carboxylic acid groups (broad SMARTS) is 1. The van der Waals surface area contributed by atoms with Crippen LogP contribution in [-0.4, -0.2) is 96.8 Å². The number of hydrogen-bond donors (Lipinski definition) is 4. The van der Waals surface area contributed by atoms with Crippen molar-refractivity contribution in [2.75, 3.05) is 47.4 Å². The van der Waals surface area contributed by atoms with Gasteiger partial charge in [0.05, 0.1) is 18.8 Å². The molecule has 1 amide bonds. The summed E-state index contributed by atoms with van der Waals surface area (Å²) in [6.07, 6.45) is -9.60. The molecule has 0 aromatic heterocycles. The summed E-state index contributed by atoms with van der Waals surface area (Å²) in [5, 5.41) is 30.6. The van der Waals surface area contributed by atoms with Gasteiger partial charge in [0.2, 0.25) is 0 Å². The summed E-state index contributed by atoms with van der Waals surface area (Å²) in [6, 6.07) is 28.4. The number of ether oxygens (including phenoxy) is 1. The monoisotopic (exact) mass is 793 g/mol. The lowest BCUT2D eigenvalue weighted by molar-refractivity contribution is -0.259. The first-order valence-electron chi connectivity index (χ1n) is 17.4.